The topological polar surface area (TPSA) is 76.5 Å². The molecule has 0 radical (unpaired) electrons. The highest BCUT2D eigenvalue weighted by atomic mass is 35.5. The Morgan fingerprint density at radius 2 is 2.06 bits per heavy atom. The monoisotopic (exact) mass is 536 g/mol. The van der Waals surface area contributed by atoms with E-state index in [2.05, 4.69) is 10.4 Å². The minimum atomic E-state index is -4.54. The molecule has 1 aromatic heterocycles. The molecule has 0 spiro atoms. The van der Waals surface area contributed by atoms with Gasteiger partial charge in [-0.1, -0.05) is 23.7 Å². The molecule has 0 saturated carbocycles. The number of benzene rings is 2. The zero-order valence-electron chi connectivity index (χ0n) is 18.7. The summed E-state index contributed by atoms with van der Waals surface area (Å²) < 4.78 is 47.3. The van der Waals surface area contributed by atoms with Crippen LogP contribution in [-0.2, 0) is 22.3 Å². The van der Waals surface area contributed by atoms with Gasteiger partial charge >= 0.3 is 6.18 Å². The van der Waals surface area contributed by atoms with Gasteiger partial charge in [0, 0.05) is 29.5 Å². The number of fused-ring (bicyclic) bond motifs is 1. The number of aromatic nitrogens is 2. The summed E-state index contributed by atoms with van der Waals surface area (Å²) in [5.74, 6) is -0.365. The molecule has 5 rings (SSSR count). The van der Waals surface area contributed by atoms with Crippen LogP contribution in [0.5, 0.6) is 0 Å². The Morgan fingerprint density at radius 1 is 1.22 bits per heavy atom. The highest BCUT2D eigenvalue weighted by Crippen LogP contribution is 2.35. The third-order valence-corrected chi connectivity index (χ3v) is 7.08. The molecule has 2 aromatic carbocycles. The van der Waals surface area contributed by atoms with Crippen LogP contribution in [0.4, 0.5) is 18.0 Å². The first kappa shape index (κ1) is 24.8. The number of nitrogens with zero attached hydrogens (tertiary/aromatic N) is 3. The van der Waals surface area contributed by atoms with E-state index >= 15 is 0 Å². The Hall–Kier alpha value is -2.86. The normalized spacial score (nSPS) is 20.2. The average Bonchev–Trinajstić information content (AvgIpc) is 3.35. The van der Waals surface area contributed by atoms with E-state index in [-0.39, 0.29) is 40.9 Å². The molecule has 3 heterocycles. The second-order valence-electron chi connectivity index (χ2n) is 8.44. The molecule has 1 N–H and O–H groups in total. The van der Waals surface area contributed by atoms with Crippen molar-refractivity contribution in [2.75, 3.05) is 26.3 Å². The van der Waals surface area contributed by atoms with Gasteiger partial charge in [0.15, 0.2) is 0 Å². The van der Waals surface area contributed by atoms with E-state index in [1.807, 2.05) is 0 Å². The van der Waals surface area contributed by atoms with Crippen molar-refractivity contribution in [2.45, 2.75) is 18.8 Å². The first-order chi connectivity index (χ1) is 17.2. The second kappa shape index (κ2) is 9.89. The van der Waals surface area contributed by atoms with Gasteiger partial charge in [0.25, 0.3) is 11.1 Å². The lowest BCUT2D eigenvalue weighted by Crippen LogP contribution is -2.49. The van der Waals surface area contributed by atoms with Crippen LogP contribution in [0, 0.1) is 0 Å². The highest BCUT2D eigenvalue weighted by molar-refractivity contribution is 8.18. The third-order valence-electron chi connectivity index (χ3n) is 5.94. The Kier molecular flexibility index (Phi) is 6.82. The zero-order chi connectivity index (χ0) is 25.4. The van der Waals surface area contributed by atoms with Crippen molar-refractivity contribution < 1.29 is 27.5 Å². The summed E-state index contributed by atoms with van der Waals surface area (Å²) in [5, 5.41) is 7.84. The summed E-state index contributed by atoms with van der Waals surface area (Å²) in [6.07, 6.45) is -1.36. The minimum absolute atomic E-state index is 0.00814. The molecule has 2 fully saturated rings. The molecule has 0 bridgehead atoms. The summed E-state index contributed by atoms with van der Waals surface area (Å²) in [6.45, 7) is 1.84. The van der Waals surface area contributed by atoms with Crippen molar-refractivity contribution in [1.82, 2.24) is 20.0 Å². The lowest BCUT2D eigenvalue weighted by molar-refractivity contribution is -0.138. The fourth-order valence-corrected chi connectivity index (χ4v) is 5.22. The predicted octanol–water partition coefficient (Wildman–Crippen LogP) is 4.78. The number of morpholine rings is 1. The maximum atomic E-state index is 13.5. The number of hydrogen-bond donors (Lipinski definition) is 1. The Morgan fingerprint density at radius 3 is 2.81 bits per heavy atom. The fraction of sp³-hybridized carbons (Fsp3) is 0.292. The van der Waals surface area contributed by atoms with Crippen LogP contribution in [0.2, 0.25) is 5.02 Å². The number of carbonyl (C=O) groups excluding carboxylic acids is 2. The van der Waals surface area contributed by atoms with E-state index in [1.165, 1.54) is 21.7 Å². The van der Waals surface area contributed by atoms with E-state index in [4.69, 9.17) is 16.3 Å². The van der Waals surface area contributed by atoms with Crippen LogP contribution in [0.25, 0.3) is 17.0 Å². The molecular formula is C24H20ClF3N4O3S. The summed E-state index contributed by atoms with van der Waals surface area (Å²) in [5.41, 5.74) is 0.550. The van der Waals surface area contributed by atoms with Crippen LogP contribution in [0.1, 0.15) is 16.7 Å². The number of thioether (sulfide) groups is 1. The number of ether oxygens (including phenoxy) is 1. The summed E-state index contributed by atoms with van der Waals surface area (Å²) in [7, 11) is 0. The van der Waals surface area contributed by atoms with Gasteiger partial charge in [0.05, 0.1) is 41.9 Å². The standard InChI is InChI=1S/C24H20ClF3N4O3S/c25-17-3-2-15(19(9-17)24(26,27)28)11-32-20-4-1-14(7-16(20)10-30-32)8-21-22(33)31(23(34)36-21)12-18-13-35-6-5-29-18/h1-4,7-10,18,29H,5-6,11-13H2/b21-8-/t18-/m0/s1. The van der Waals surface area contributed by atoms with Crippen LogP contribution < -0.4 is 5.32 Å². The first-order valence-electron chi connectivity index (χ1n) is 11.1. The number of halogens is 4. The van der Waals surface area contributed by atoms with Gasteiger partial charge in [-0.3, -0.25) is 19.2 Å². The maximum Gasteiger partial charge on any atom is 0.416 e. The highest BCUT2D eigenvalue weighted by Gasteiger charge is 2.37. The van der Waals surface area contributed by atoms with Gasteiger partial charge in [-0.15, -0.1) is 0 Å². The Balaban J connectivity index is 1.36. The van der Waals surface area contributed by atoms with Crippen LogP contribution in [0.3, 0.4) is 0 Å². The van der Waals surface area contributed by atoms with Crippen molar-refractivity contribution in [3.05, 3.63) is 69.2 Å². The van der Waals surface area contributed by atoms with Gasteiger partial charge in [-0.25, -0.2) is 0 Å². The number of imide groups is 1. The van der Waals surface area contributed by atoms with E-state index in [0.29, 0.717) is 41.1 Å². The Labute approximate surface area is 213 Å². The number of rotatable bonds is 5. The van der Waals surface area contributed by atoms with Crippen LogP contribution >= 0.6 is 23.4 Å². The predicted molar refractivity (Wildman–Crippen MR) is 131 cm³/mol. The van der Waals surface area contributed by atoms with Gasteiger partial charge in [0.1, 0.15) is 0 Å². The van der Waals surface area contributed by atoms with Crippen LogP contribution in [-0.4, -0.2) is 58.2 Å². The molecule has 0 unspecified atom stereocenters. The molecule has 2 aliphatic heterocycles. The zero-order valence-corrected chi connectivity index (χ0v) is 20.3. The molecule has 36 heavy (non-hydrogen) atoms. The molecule has 12 heteroatoms. The van der Waals surface area contributed by atoms with Crippen molar-refractivity contribution >= 4 is 51.5 Å². The lowest BCUT2D eigenvalue weighted by atomic mass is 10.1. The van der Waals surface area contributed by atoms with E-state index in [0.717, 1.165) is 17.8 Å². The van der Waals surface area contributed by atoms with Gasteiger partial charge in [-0.2, -0.15) is 18.3 Å². The molecule has 188 valence electrons. The van der Waals surface area contributed by atoms with E-state index in [1.54, 1.807) is 30.5 Å². The quantitative estimate of drug-likeness (QED) is 0.473. The minimum Gasteiger partial charge on any atom is -0.378 e. The number of hydrogen-bond acceptors (Lipinski definition) is 6. The number of alkyl halides is 3. The average molecular weight is 537 g/mol. The lowest BCUT2D eigenvalue weighted by Gasteiger charge is -2.26. The van der Waals surface area contributed by atoms with Gasteiger partial charge in [0.2, 0.25) is 0 Å². The van der Waals surface area contributed by atoms with Crippen molar-refractivity contribution in [2.24, 2.45) is 0 Å². The number of nitrogens with one attached hydrogen (secondary N) is 1. The largest absolute Gasteiger partial charge is 0.416 e. The fourth-order valence-electron chi connectivity index (χ4n) is 4.20. The van der Waals surface area contributed by atoms with Gasteiger partial charge in [-0.05, 0) is 53.2 Å². The molecule has 3 aromatic rings. The number of carbonyl (C=O) groups is 2. The molecule has 2 aliphatic rings. The maximum absolute atomic E-state index is 13.5. The molecular weight excluding hydrogens is 517 g/mol. The van der Waals surface area contributed by atoms with E-state index < -0.39 is 11.7 Å². The molecule has 1 atom stereocenters. The molecule has 2 saturated heterocycles. The summed E-state index contributed by atoms with van der Waals surface area (Å²) in [4.78, 5) is 26.8. The van der Waals surface area contributed by atoms with Crippen molar-refractivity contribution in [1.29, 1.82) is 0 Å². The van der Waals surface area contributed by atoms with Gasteiger partial charge < -0.3 is 10.1 Å². The molecule has 0 aliphatic carbocycles. The molecule has 2 amide bonds. The number of amides is 2. The van der Waals surface area contributed by atoms with Crippen molar-refractivity contribution in [3.63, 3.8) is 0 Å². The summed E-state index contributed by atoms with van der Waals surface area (Å²) in [6, 6.07) is 8.80. The van der Waals surface area contributed by atoms with Crippen LogP contribution in [0.15, 0.2) is 47.5 Å². The van der Waals surface area contributed by atoms with Crippen molar-refractivity contribution in [3.8, 4) is 0 Å². The van der Waals surface area contributed by atoms with E-state index in [9.17, 15) is 22.8 Å². The SMILES string of the molecule is O=C1S/C(=C\c2ccc3c(cnn3Cc3ccc(Cl)cc3C(F)(F)F)c2)C(=O)N1C[C@H]1COCCN1. The first-order valence-corrected chi connectivity index (χ1v) is 12.3. The Bertz CT molecular complexity index is 1370. The third kappa shape index (κ3) is 5.15. The smallest absolute Gasteiger partial charge is 0.378 e. The summed E-state index contributed by atoms with van der Waals surface area (Å²) >= 11 is 6.65. The second-order valence-corrected chi connectivity index (χ2v) is 9.87. The molecule has 7 nitrogen and oxygen atoms in total.